The number of Topliss-reactive ketones (excluding diaryl/α,β-unsaturated/α-hetero) is 1. The molecule has 2 N–H and O–H groups in total. The number of rotatable bonds is 12. The zero-order valence-electron chi connectivity index (χ0n) is 27.2. The predicted octanol–water partition coefficient (Wildman–Crippen LogP) is 9.90. The lowest BCUT2D eigenvalue weighted by Gasteiger charge is -2.19. The second-order valence-electron chi connectivity index (χ2n) is 12.9. The Hall–Kier alpha value is -4.25. The molecule has 0 heterocycles. The number of nitrogens with one attached hydrogen (secondary N) is 1. The third-order valence-electron chi connectivity index (χ3n) is 7.70. The summed E-state index contributed by atoms with van der Waals surface area (Å²) in [5.74, 6) is -1.77. The second-order valence-corrected chi connectivity index (χ2v) is 14.9. The maximum Gasteiger partial charge on any atom is 0.417 e. The number of ketones is 1. The predicted molar refractivity (Wildman–Crippen MR) is 188 cm³/mol. The molecule has 1 amide bonds. The molecule has 1 unspecified atom stereocenters. The van der Waals surface area contributed by atoms with Crippen molar-refractivity contribution in [1.29, 1.82) is 0 Å². The van der Waals surface area contributed by atoms with Crippen molar-refractivity contribution in [3.05, 3.63) is 130 Å². The summed E-state index contributed by atoms with van der Waals surface area (Å²) in [6, 6.07) is 24.0. The molecule has 1 atom stereocenters. The van der Waals surface area contributed by atoms with E-state index in [4.69, 9.17) is 16.2 Å². The van der Waals surface area contributed by atoms with Crippen LogP contribution in [0.25, 0.3) is 17.2 Å². The lowest BCUT2D eigenvalue weighted by Crippen LogP contribution is -2.23. The van der Waals surface area contributed by atoms with Gasteiger partial charge in [0, 0.05) is 22.7 Å². The molecule has 0 spiro atoms. The summed E-state index contributed by atoms with van der Waals surface area (Å²) in [7, 11) is -4.16. The van der Waals surface area contributed by atoms with Crippen LogP contribution in [0.2, 0.25) is 5.02 Å². The first-order valence-electron chi connectivity index (χ1n) is 15.5. The van der Waals surface area contributed by atoms with Crippen LogP contribution in [0.15, 0.2) is 97.1 Å². The van der Waals surface area contributed by atoms with E-state index in [0.717, 1.165) is 22.8 Å². The molecule has 4 aromatic carbocycles. The molecule has 0 aliphatic carbocycles. The topological polar surface area (TPSA) is 101 Å². The Morgan fingerprint density at radius 2 is 1.53 bits per heavy atom. The number of carbonyl (C=O) groups is 2. The second kappa shape index (κ2) is 15.5. The standard InChI is InChI=1S/C38H37ClF3NO5S/c1-37(2,3)21-20-25-6-10-28(11-7-25)33(23-26-8-12-29(13-9-26)35(44)5-4-22-49(46,47)48)36(45)43-31-17-14-27(15-18-31)32-19-16-30(39)24-34(32)38(40,41)42/h6-21,24,33H,4-5,22-23H2,1-3H3,(H,43,45)(H,46,47,48)/b21-20+. The van der Waals surface area contributed by atoms with Crippen LogP contribution in [-0.4, -0.2) is 30.4 Å². The zero-order chi connectivity index (χ0) is 36.0. The molecule has 49 heavy (non-hydrogen) atoms. The molecule has 4 rings (SSSR count). The number of allylic oxidation sites excluding steroid dienone is 1. The van der Waals surface area contributed by atoms with Crippen molar-refractivity contribution < 1.29 is 35.7 Å². The molecule has 6 nitrogen and oxygen atoms in total. The van der Waals surface area contributed by atoms with Gasteiger partial charge < -0.3 is 5.32 Å². The van der Waals surface area contributed by atoms with Crippen molar-refractivity contribution in [2.75, 3.05) is 11.1 Å². The first-order chi connectivity index (χ1) is 22.9. The highest BCUT2D eigenvalue weighted by Crippen LogP contribution is 2.39. The van der Waals surface area contributed by atoms with Gasteiger partial charge in [-0.2, -0.15) is 21.6 Å². The van der Waals surface area contributed by atoms with Crippen LogP contribution in [-0.2, 0) is 27.5 Å². The van der Waals surface area contributed by atoms with E-state index in [1.165, 1.54) is 24.3 Å². The van der Waals surface area contributed by atoms with Gasteiger partial charge in [-0.3, -0.25) is 14.1 Å². The Morgan fingerprint density at radius 3 is 2.10 bits per heavy atom. The fourth-order valence-electron chi connectivity index (χ4n) is 5.13. The van der Waals surface area contributed by atoms with Crippen LogP contribution in [0.3, 0.4) is 0 Å². The van der Waals surface area contributed by atoms with Gasteiger partial charge in [-0.05, 0) is 70.3 Å². The highest BCUT2D eigenvalue weighted by atomic mass is 35.5. The van der Waals surface area contributed by atoms with Gasteiger partial charge in [0.2, 0.25) is 5.91 Å². The maximum atomic E-state index is 13.8. The molecule has 0 aromatic heterocycles. The minimum atomic E-state index is -4.60. The number of anilines is 1. The largest absolute Gasteiger partial charge is 0.417 e. The lowest BCUT2D eigenvalue weighted by molar-refractivity contribution is -0.137. The zero-order valence-corrected chi connectivity index (χ0v) is 28.8. The normalized spacial score (nSPS) is 13.0. The first-order valence-corrected chi connectivity index (χ1v) is 17.5. The number of benzene rings is 4. The van der Waals surface area contributed by atoms with Crippen molar-refractivity contribution in [3.8, 4) is 11.1 Å². The first kappa shape index (κ1) is 37.6. The SMILES string of the molecule is CC(C)(C)/C=C/c1ccc(C(Cc2ccc(C(=O)CCCS(=O)(=O)O)cc2)C(=O)Nc2ccc(-c3ccc(Cl)cc3C(F)(F)F)cc2)cc1. The smallest absolute Gasteiger partial charge is 0.326 e. The summed E-state index contributed by atoms with van der Waals surface area (Å²) >= 11 is 5.83. The monoisotopic (exact) mass is 711 g/mol. The summed E-state index contributed by atoms with van der Waals surface area (Å²) in [6.45, 7) is 6.27. The summed E-state index contributed by atoms with van der Waals surface area (Å²) in [5.41, 5.74) is 2.66. The van der Waals surface area contributed by atoms with Gasteiger partial charge in [-0.25, -0.2) is 0 Å². The number of halogens is 4. The van der Waals surface area contributed by atoms with E-state index < -0.39 is 33.5 Å². The third-order valence-corrected chi connectivity index (χ3v) is 8.74. The maximum absolute atomic E-state index is 13.8. The van der Waals surface area contributed by atoms with Gasteiger partial charge in [0.05, 0.1) is 17.2 Å². The molecule has 0 saturated carbocycles. The lowest BCUT2D eigenvalue weighted by atomic mass is 9.89. The van der Waals surface area contributed by atoms with Gasteiger partial charge in [0.15, 0.2) is 5.78 Å². The average Bonchev–Trinajstić information content (AvgIpc) is 3.02. The summed E-state index contributed by atoms with van der Waals surface area (Å²) in [6.07, 6.45) is -0.285. The summed E-state index contributed by atoms with van der Waals surface area (Å²) in [4.78, 5) is 26.3. The van der Waals surface area contributed by atoms with Gasteiger partial charge in [0.1, 0.15) is 0 Å². The molecule has 0 fully saturated rings. The van der Waals surface area contributed by atoms with Gasteiger partial charge in [-0.15, -0.1) is 0 Å². The van der Waals surface area contributed by atoms with Gasteiger partial charge in [-0.1, -0.05) is 111 Å². The van der Waals surface area contributed by atoms with E-state index in [0.29, 0.717) is 16.8 Å². The molecule has 0 saturated heterocycles. The van der Waals surface area contributed by atoms with Crippen LogP contribution in [0, 0.1) is 5.41 Å². The average molecular weight is 712 g/mol. The molecule has 0 radical (unpaired) electrons. The van der Waals surface area contributed by atoms with Crippen molar-refractivity contribution >= 4 is 45.2 Å². The van der Waals surface area contributed by atoms with E-state index in [2.05, 4.69) is 32.2 Å². The van der Waals surface area contributed by atoms with Crippen LogP contribution in [0.4, 0.5) is 18.9 Å². The minimum absolute atomic E-state index is 0.00717. The molecule has 11 heteroatoms. The Bertz CT molecular complexity index is 1910. The van der Waals surface area contributed by atoms with E-state index in [-0.39, 0.29) is 47.0 Å². The van der Waals surface area contributed by atoms with Crippen LogP contribution < -0.4 is 5.32 Å². The Labute approximate surface area is 289 Å². The van der Waals surface area contributed by atoms with E-state index in [9.17, 15) is 31.2 Å². The van der Waals surface area contributed by atoms with E-state index in [1.807, 2.05) is 30.3 Å². The highest BCUT2D eigenvalue weighted by molar-refractivity contribution is 7.85. The van der Waals surface area contributed by atoms with Crippen molar-refractivity contribution in [1.82, 2.24) is 0 Å². The third kappa shape index (κ3) is 11.4. The van der Waals surface area contributed by atoms with E-state index >= 15 is 0 Å². The van der Waals surface area contributed by atoms with Gasteiger partial charge >= 0.3 is 6.18 Å². The molecule has 258 valence electrons. The Balaban J connectivity index is 1.56. The minimum Gasteiger partial charge on any atom is -0.326 e. The molecule has 0 aliphatic rings. The number of hydrogen-bond donors (Lipinski definition) is 2. The van der Waals surface area contributed by atoms with Crippen LogP contribution >= 0.6 is 11.6 Å². The van der Waals surface area contributed by atoms with Crippen LogP contribution in [0.5, 0.6) is 0 Å². The number of carbonyl (C=O) groups excluding carboxylic acids is 2. The van der Waals surface area contributed by atoms with Crippen molar-refractivity contribution in [2.45, 2.75) is 52.1 Å². The number of hydrogen-bond acceptors (Lipinski definition) is 4. The fourth-order valence-corrected chi connectivity index (χ4v) is 5.82. The van der Waals surface area contributed by atoms with Crippen LogP contribution in [0.1, 0.15) is 72.1 Å². The number of amides is 1. The van der Waals surface area contributed by atoms with Crippen molar-refractivity contribution in [2.24, 2.45) is 5.41 Å². The molecular weight excluding hydrogens is 675 g/mol. The molecule has 0 aliphatic heterocycles. The fraction of sp³-hybridized carbons (Fsp3) is 0.263. The number of alkyl halides is 3. The summed E-state index contributed by atoms with van der Waals surface area (Å²) in [5, 5.41) is 2.87. The Morgan fingerprint density at radius 1 is 0.898 bits per heavy atom. The summed E-state index contributed by atoms with van der Waals surface area (Å²) < 4.78 is 72.0. The molecule has 0 bridgehead atoms. The highest BCUT2D eigenvalue weighted by Gasteiger charge is 2.34. The van der Waals surface area contributed by atoms with Gasteiger partial charge in [0.25, 0.3) is 10.1 Å². The molecular formula is C38H37ClF3NO5S. The quantitative estimate of drug-likeness (QED) is 0.113. The molecule has 4 aromatic rings. The van der Waals surface area contributed by atoms with Crippen molar-refractivity contribution in [3.63, 3.8) is 0 Å². The van der Waals surface area contributed by atoms with E-state index in [1.54, 1.807) is 36.4 Å². The Kier molecular flexibility index (Phi) is 11.9.